The van der Waals surface area contributed by atoms with Crippen molar-refractivity contribution in [3.63, 3.8) is 0 Å². The summed E-state index contributed by atoms with van der Waals surface area (Å²) in [4.78, 5) is 18.6. The van der Waals surface area contributed by atoms with Crippen molar-refractivity contribution >= 4 is 5.82 Å². The van der Waals surface area contributed by atoms with E-state index < -0.39 is 0 Å². The summed E-state index contributed by atoms with van der Waals surface area (Å²) in [7, 11) is 1.90. The molecule has 1 fully saturated rings. The molecule has 0 unspecified atom stereocenters. The maximum Gasteiger partial charge on any atom is 0.293 e. The second-order valence-corrected chi connectivity index (χ2v) is 5.52. The summed E-state index contributed by atoms with van der Waals surface area (Å²) in [6.07, 6.45) is 5.66. The van der Waals surface area contributed by atoms with Gasteiger partial charge in [0.25, 0.3) is 5.56 Å². The van der Waals surface area contributed by atoms with Gasteiger partial charge in [-0.15, -0.1) is 0 Å². The van der Waals surface area contributed by atoms with Gasteiger partial charge in [0.15, 0.2) is 5.82 Å². The summed E-state index contributed by atoms with van der Waals surface area (Å²) in [5.41, 5.74) is 7.99. The molecule has 0 bridgehead atoms. The van der Waals surface area contributed by atoms with Crippen LogP contribution in [0.4, 0.5) is 5.82 Å². The van der Waals surface area contributed by atoms with E-state index in [0.29, 0.717) is 24.9 Å². The molecule has 2 N–H and O–H groups in total. The van der Waals surface area contributed by atoms with Crippen LogP contribution in [-0.4, -0.2) is 16.6 Å². The van der Waals surface area contributed by atoms with Gasteiger partial charge in [0.2, 0.25) is 0 Å². The normalized spacial score (nSPS) is 14.2. The van der Waals surface area contributed by atoms with Crippen molar-refractivity contribution in [2.75, 3.05) is 11.9 Å². The number of rotatable bonds is 5. The van der Waals surface area contributed by atoms with Crippen LogP contribution in [0.3, 0.4) is 0 Å². The minimum Gasteiger partial charge on any atom is -0.351 e. The van der Waals surface area contributed by atoms with Crippen LogP contribution in [0.2, 0.25) is 0 Å². The molecule has 1 aromatic carbocycles. The number of benzene rings is 1. The minimum absolute atomic E-state index is 0.00673. The molecule has 1 aliphatic carbocycles. The molecule has 0 aliphatic heterocycles. The molecule has 0 spiro atoms. The number of nitrogens with zero attached hydrogens (tertiary/aromatic N) is 3. The van der Waals surface area contributed by atoms with Crippen LogP contribution in [0.25, 0.3) is 0 Å². The van der Waals surface area contributed by atoms with Gasteiger partial charge in [0.05, 0.1) is 0 Å². The summed E-state index contributed by atoms with van der Waals surface area (Å²) in [5, 5.41) is 0. The summed E-state index contributed by atoms with van der Waals surface area (Å²) in [6.45, 7) is 1.13. The van der Waals surface area contributed by atoms with E-state index in [1.165, 1.54) is 0 Å². The van der Waals surface area contributed by atoms with E-state index in [9.17, 15) is 4.79 Å². The molecule has 1 aromatic heterocycles. The van der Waals surface area contributed by atoms with Gasteiger partial charge in [0.1, 0.15) is 0 Å². The fraction of sp³-hybridized carbons (Fsp3) is 0.375. The van der Waals surface area contributed by atoms with E-state index in [1.54, 1.807) is 17.0 Å². The third kappa shape index (κ3) is 2.83. The van der Waals surface area contributed by atoms with Crippen molar-refractivity contribution in [1.82, 2.24) is 9.55 Å². The first-order chi connectivity index (χ1) is 10.2. The fourth-order valence-electron chi connectivity index (χ4n) is 2.56. The number of aromatic nitrogens is 2. The third-order valence-electron chi connectivity index (χ3n) is 3.90. The standard InChI is InChI=1S/C16H20N4O/c1-19(11-13-5-3-2-4-12(13)10-17)15-16(21)20(9-8-18-15)14-6-7-14/h2-5,8-9,14H,6-7,10-11,17H2,1H3. The van der Waals surface area contributed by atoms with Crippen molar-refractivity contribution in [3.05, 3.63) is 58.1 Å². The van der Waals surface area contributed by atoms with Crippen LogP contribution in [0, 0.1) is 0 Å². The molecule has 1 aliphatic rings. The highest BCUT2D eigenvalue weighted by Gasteiger charge is 2.25. The highest BCUT2D eigenvalue weighted by Crippen LogP contribution is 2.33. The molecule has 1 heterocycles. The van der Waals surface area contributed by atoms with Gasteiger partial charge in [-0.1, -0.05) is 24.3 Å². The SMILES string of the molecule is CN(Cc1ccccc1CN)c1nccn(C2CC2)c1=O. The van der Waals surface area contributed by atoms with Crippen LogP contribution in [0.5, 0.6) is 0 Å². The lowest BCUT2D eigenvalue weighted by Crippen LogP contribution is -2.30. The zero-order valence-corrected chi connectivity index (χ0v) is 12.2. The number of hydrogen-bond acceptors (Lipinski definition) is 4. The summed E-state index contributed by atoms with van der Waals surface area (Å²) < 4.78 is 1.80. The van der Waals surface area contributed by atoms with E-state index in [2.05, 4.69) is 4.98 Å². The summed E-state index contributed by atoms with van der Waals surface area (Å²) in [5.74, 6) is 0.497. The first-order valence-corrected chi connectivity index (χ1v) is 7.26. The Labute approximate surface area is 124 Å². The molecule has 5 heteroatoms. The Balaban J connectivity index is 1.87. The van der Waals surface area contributed by atoms with E-state index in [-0.39, 0.29) is 5.56 Å². The Morgan fingerprint density at radius 2 is 2.05 bits per heavy atom. The van der Waals surface area contributed by atoms with Gasteiger partial charge in [-0.05, 0) is 24.0 Å². The van der Waals surface area contributed by atoms with Crippen LogP contribution < -0.4 is 16.2 Å². The highest BCUT2D eigenvalue weighted by atomic mass is 16.1. The third-order valence-corrected chi connectivity index (χ3v) is 3.90. The number of anilines is 1. The molecule has 21 heavy (non-hydrogen) atoms. The molecule has 0 radical (unpaired) electrons. The van der Waals surface area contributed by atoms with Gasteiger partial charge in [-0.25, -0.2) is 4.98 Å². The molecule has 3 rings (SSSR count). The Morgan fingerprint density at radius 3 is 2.71 bits per heavy atom. The van der Waals surface area contributed by atoms with Crippen LogP contribution in [0.1, 0.15) is 30.0 Å². The average molecular weight is 284 g/mol. The van der Waals surface area contributed by atoms with Gasteiger partial charge in [-0.2, -0.15) is 0 Å². The predicted octanol–water partition coefficient (Wildman–Crippen LogP) is 1.67. The summed E-state index contributed by atoms with van der Waals surface area (Å²) >= 11 is 0. The number of hydrogen-bond donors (Lipinski definition) is 1. The molecule has 0 amide bonds. The van der Waals surface area contributed by atoms with E-state index in [1.807, 2.05) is 36.2 Å². The van der Waals surface area contributed by atoms with Gasteiger partial charge >= 0.3 is 0 Å². The maximum atomic E-state index is 12.5. The van der Waals surface area contributed by atoms with Crippen molar-refractivity contribution in [3.8, 4) is 0 Å². The fourth-order valence-corrected chi connectivity index (χ4v) is 2.56. The van der Waals surface area contributed by atoms with E-state index in [0.717, 1.165) is 24.0 Å². The Hall–Kier alpha value is -2.14. The molecule has 0 saturated heterocycles. The maximum absolute atomic E-state index is 12.5. The molecule has 2 aromatic rings. The molecule has 5 nitrogen and oxygen atoms in total. The van der Waals surface area contributed by atoms with E-state index >= 15 is 0 Å². The van der Waals surface area contributed by atoms with Crippen LogP contribution in [-0.2, 0) is 13.1 Å². The molecule has 110 valence electrons. The van der Waals surface area contributed by atoms with Gasteiger partial charge < -0.3 is 15.2 Å². The highest BCUT2D eigenvalue weighted by molar-refractivity contribution is 5.38. The molecule has 1 saturated carbocycles. The monoisotopic (exact) mass is 284 g/mol. The predicted molar refractivity (Wildman–Crippen MR) is 83.2 cm³/mol. The average Bonchev–Trinajstić information content (AvgIpc) is 3.32. The van der Waals surface area contributed by atoms with Gasteiger partial charge in [0, 0.05) is 38.6 Å². The lowest BCUT2D eigenvalue weighted by molar-refractivity contribution is 0.690. The minimum atomic E-state index is -0.00673. The van der Waals surface area contributed by atoms with E-state index in [4.69, 9.17) is 5.73 Å². The second kappa shape index (κ2) is 5.69. The first-order valence-electron chi connectivity index (χ1n) is 7.26. The van der Waals surface area contributed by atoms with Crippen LogP contribution in [0.15, 0.2) is 41.5 Å². The lowest BCUT2D eigenvalue weighted by Gasteiger charge is -2.20. The van der Waals surface area contributed by atoms with Crippen LogP contribution >= 0.6 is 0 Å². The largest absolute Gasteiger partial charge is 0.351 e. The quantitative estimate of drug-likeness (QED) is 0.907. The first kappa shape index (κ1) is 13.8. The van der Waals surface area contributed by atoms with Crippen molar-refractivity contribution in [2.24, 2.45) is 5.73 Å². The Kier molecular flexibility index (Phi) is 3.75. The van der Waals surface area contributed by atoms with Gasteiger partial charge in [-0.3, -0.25) is 4.79 Å². The lowest BCUT2D eigenvalue weighted by atomic mass is 10.1. The second-order valence-electron chi connectivity index (χ2n) is 5.52. The zero-order valence-electron chi connectivity index (χ0n) is 12.2. The molecule has 0 atom stereocenters. The zero-order chi connectivity index (χ0) is 14.8. The molecular formula is C16H20N4O. The smallest absolute Gasteiger partial charge is 0.293 e. The summed E-state index contributed by atoms with van der Waals surface area (Å²) in [6, 6.07) is 8.39. The van der Waals surface area contributed by atoms with Crippen molar-refractivity contribution in [1.29, 1.82) is 0 Å². The number of nitrogens with two attached hydrogens (primary N) is 1. The van der Waals surface area contributed by atoms with Crippen molar-refractivity contribution in [2.45, 2.75) is 32.0 Å². The molecular weight excluding hydrogens is 264 g/mol. The Bertz CT molecular complexity index is 691. The Morgan fingerprint density at radius 1 is 1.33 bits per heavy atom. The van der Waals surface area contributed by atoms with Crippen molar-refractivity contribution < 1.29 is 0 Å². The topological polar surface area (TPSA) is 64.2 Å².